The number of pyridine rings is 2. The van der Waals surface area contributed by atoms with Gasteiger partial charge in [0.25, 0.3) is 0 Å². The zero-order valence-corrected chi connectivity index (χ0v) is 21.9. The van der Waals surface area contributed by atoms with E-state index in [1.54, 1.807) is 0 Å². The van der Waals surface area contributed by atoms with Gasteiger partial charge in [-0.05, 0) is 49.7 Å². The molecule has 1 fully saturated rings. The number of aryl methyl sites for hydroxylation is 2. The molecular formula is C28H29FN10. The van der Waals surface area contributed by atoms with Crippen LogP contribution < -0.4 is 4.90 Å². The Morgan fingerprint density at radius 1 is 0.872 bits per heavy atom. The third kappa shape index (κ3) is 5.83. The molecule has 39 heavy (non-hydrogen) atoms. The van der Waals surface area contributed by atoms with Gasteiger partial charge in [0.05, 0.1) is 23.8 Å². The van der Waals surface area contributed by atoms with Gasteiger partial charge in [-0.2, -0.15) is 10.2 Å². The molecule has 1 aliphatic rings. The normalized spacial score (nSPS) is 14.2. The Balaban J connectivity index is 1.05. The molecule has 1 saturated heterocycles. The van der Waals surface area contributed by atoms with E-state index in [2.05, 4.69) is 35.1 Å². The maximum Gasteiger partial charge on any atom is 0.161 e. The fourth-order valence-electron chi connectivity index (χ4n) is 4.77. The Kier molecular flexibility index (Phi) is 6.80. The van der Waals surface area contributed by atoms with Crippen molar-refractivity contribution in [1.82, 2.24) is 44.8 Å². The third-order valence-corrected chi connectivity index (χ3v) is 6.73. The molecular weight excluding hydrogens is 495 g/mol. The molecule has 1 N–H and O–H groups in total. The number of hydrogen-bond acceptors (Lipinski definition) is 8. The van der Waals surface area contributed by atoms with E-state index in [-0.39, 0.29) is 5.82 Å². The Hall–Kier alpha value is -4.51. The molecule has 6 rings (SSSR count). The average Bonchev–Trinajstić information content (AvgIpc) is 3.57. The van der Waals surface area contributed by atoms with E-state index >= 15 is 0 Å². The smallest absolute Gasteiger partial charge is 0.161 e. The molecule has 198 valence electrons. The summed E-state index contributed by atoms with van der Waals surface area (Å²) in [5.74, 6) is 1.85. The van der Waals surface area contributed by atoms with Gasteiger partial charge >= 0.3 is 0 Å². The molecule has 0 aliphatic carbocycles. The quantitative estimate of drug-likeness (QED) is 0.345. The van der Waals surface area contributed by atoms with Gasteiger partial charge in [0.1, 0.15) is 5.82 Å². The van der Waals surface area contributed by atoms with Crippen LogP contribution >= 0.6 is 0 Å². The standard InChI is InChI=1S/C28H29FN10/c1-19-11-24(13-25-12-20(2)35-36-25)34-28(33-19)22-4-6-26(31-15-22)38-9-7-37(8-10-38)17-21-3-5-27(30-14-21)39-18-23(29)16-32-39/h3-6,11-12,14-16,18H,7-10,13,17H2,1-2H3,(H,35,36). The highest BCUT2D eigenvalue weighted by Crippen LogP contribution is 2.21. The van der Waals surface area contributed by atoms with Crippen LogP contribution in [0.5, 0.6) is 0 Å². The molecule has 11 heteroatoms. The van der Waals surface area contributed by atoms with E-state index in [0.717, 1.165) is 72.4 Å². The number of rotatable bonds is 7. The first-order chi connectivity index (χ1) is 19.0. The summed E-state index contributed by atoms with van der Waals surface area (Å²) in [6.45, 7) is 8.41. The fourth-order valence-corrected chi connectivity index (χ4v) is 4.77. The van der Waals surface area contributed by atoms with Crippen LogP contribution in [0.15, 0.2) is 61.2 Å². The summed E-state index contributed by atoms with van der Waals surface area (Å²) in [5, 5.41) is 11.3. The lowest BCUT2D eigenvalue weighted by Gasteiger charge is -2.35. The molecule has 0 radical (unpaired) electrons. The number of aromatic nitrogens is 8. The number of aromatic amines is 1. The lowest BCUT2D eigenvalue weighted by atomic mass is 10.2. The van der Waals surface area contributed by atoms with E-state index in [1.165, 1.54) is 17.1 Å². The second-order valence-electron chi connectivity index (χ2n) is 9.84. The summed E-state index contributed by atoms with van der Waals surface area (Å²) in [4.78, 5) is 23.3. The first-order valence-corrected chi connectivity index (χ1v) is 12.9. The second-order valence-corrected chi connectivity index (χ2v) is 9.84. The predicted octanol–water partition coefficient (Wildman–Crippen LogP) is 3.51. The highest BCUT2D eigenvalue weighted by atomic mass is 19.1. The zero-order valence-electron chi connectivity index (χ0n) is 21.9. The Morgan fingerprint density at radius 2 is 1.69 bits per heavy atom. The van der Waals surface area contributed by atoms with Crippen LogP contribution in [0.4, 0.5) is 10.2 Å². The number of anilines is 1. The number of nitrogens with one attached hydrogen (secondary N) is 1. The summed E-state index contributed by atoms with van der Waals surface area (Å²) < 4.78 is 14.6. The molecule has 6 heterocycles. The first kappa shape index (κ1) is 24.8. The number of halogens is 1. The van der Waals surface area contributed by atoms with Crippen molar-refractivity contribution >= 4 is 5.82 Å². The Morgan fingerprint density at radius 3 is 2.36 bits per heavy atom. The molecule has 0 bridgehead atoms. The van der Waals surface area contributed by atoms with Gasteiger partial charge < -0.3 is 4.90 Å². The van der Waals surface area contributed by atoms with E-state index in [0.29, 0.717) is 18.1 Å². The van der Waals surface area contributed by atoms with Gasteiger partial charge in [0.2, 0.25) is 0 Å². The van der Waals surface area contributed by atoms with Crippen LogP contribution in [0.2, 0.25) is 0 Å². The lowest BCUT2D eigenvalue weighted by Crippen LogP contribution is -2.46. The first-order valence-electron chi connectivity index (χ1n) is 12.9. The maximum absolute atomic E-state index is 13.2. The summed E-state index contributed by atoms with van der Waals surface area (Å²) >= 11 is 0. The molecule has 0 unspecified atom stereocenters. The van der Waals surface area contributed by atoms with Gasteiger partial charge in [-0.1, -0.05) is 6.07 Å². The van der Waals surface area contributed by atoms with Crippen molar-refractivity contribution in [3.05, 3.63) is 95.3 Å². The molecule has 1 aliphatic heterocycles. The van der Waals surface area contributed by atoms with E-state index in [9.17, 15) is 4.39 Å². The van der Waals surface area contributed by atoms with Crippen molar-refractivity contribution in [1.29, 1.82) is 0 Å². The molecule has 5 aromatic rings. The van der Waals surface area contributed by atoms with Crippen molar-refractivity contribution in [2.75, 3.05) is 31.1 Å². The summed E-state index contributed by atoms with van der Waals surface area (Å²) in [6, 6.07) is 12.0. The van der Waals surface area contributed by atoms with Crippen LogP contribution in [0.3, 0.4) is 0 Å². The number of piperazine rings is 1. The van der Waals surface area contributed by atoms with Gasteiger partial charge in [0, 0.05) is 68.5 Å². The van der Waals surface area contributed by atoms with Gasteiger partial charge in [-0.25, -0.2) is 29.0 Å². The summed E-state index contributed by atoms with van der Waals surface area (Å²) in [5.41, 5.74) is 5.86. The molecule has 0 atom stereocenters. The van der Waals surface area contributed by atoms with Crippen LogP contribution in [-0.4, -0.2) is 71.0 Å². The van der Waals surface area contributed by atoms with Crippen LogP contribution in [0.25, 0.3) is 17.2 Å². The molecule has 5 aromatic heterocycles. The van der Waals surface area contributed by atoms with E-state index in [1.807, 2.05) is 62.6 Å². The van der Waals surface area contributed by atoms with Crippen molar-refractivity contribution in [2.45, 2.75) is 26.8 Å². The maximum atomic E-state index is 13.2. The van der Waals surface area contributed by atoms with Crippen molar-refractivity contribution in [3.8, 4) is 17.2 Å². The molecule has 0 amide bonds. The largest absolute Gasteiger partial charge is 0.354 e. The van der Waals surface area contributed by atoms with Gasteiger partial charge in [-0.3, -0.25) is 10.00 Å². The third-order valence-electron chi connectivity index (χ3n) is 6.73. The Bertz CT molecular complexity index is 1550. The highest BCUT2D eigenvalue weighted by Gasteiger charge is 2.19. The monoisotopic (exact) mass is 524 g/mol. The molecule has 0 aromatic carbocycles. The number of nitrogens with zero attached hydrogens (tertiary/aromatic N) is 9. The molecule has 0 saturated carbocycles. The summed E-state index contributed by atoms with van der Waals surface area (Å²) in [7, 11) is 0. The van der Waals surface area contributed by atoms with Gasteiger partial charge in [0.15, 0.2) is 17.5 Å². The van der Waals surface area contributed by atoms with Crippen LogP contribution in [-0.2, 0) is 13.0 Å². The molecule has 0 spiro atoms. The van der Waals surface area contributed by atoms with Crippen molar-refractivity contribution in [2.24, 2.45) is 0 Å². The topological polar surface area (TPSA) is 105 Å². The van der Waals surface area contributed by atoms with Crippen LogP contribution in [0, 0.1) is 19.7 Å². The van der Waals surface area contributed by atoms with Crippen molar-refractivity contribution < 1.29 is 4.39 Å². The number of H-pyrrole nitrogens is 1. The minimum atomic E-state index is -0.378. The second kappa shape index (κ2) is 10.7. The van der Waals surface area contributed by atoms with E-state index in [4.69, 9.17) is 9.97 Å². The minimum Gasteiger partial charge on any atom is -0.354 e. The van der Waals surface area contributed by atoms with Crippen molar-refractivity contribution in [3.63, 3.8) is 0 Å². The fraction of sp³-hybridized carbons (Fsp3) is 0.286. The zero-order chi connectivity index (χ0) is 26.8. The minimum absolute atomic E-state index is 0.378. The molecule has 10 nitrogen and oxygen atoms in total. The lowest BCUT2D eigenvalue weighted by molar-refractivity contribution is 0.249. The van der Waals surface area contributed by atoms with E-state index < -0.39 is 0 Å². The van der Waals surface area contributed by atoms with Crippen LogP contribution in [0.1, 0.15) is 28.3 Å². The number of hydrogen-bond donors (Lipinski definition) is 1. The summed E-state index contributed by atoms with van der Waals surface area (Å²) in [6.07, 6.45) is 6.83. The average molecular weight is 525 g/mol. The highest BCUT2D eigenvalue weighted by molar-refractivity contribution is 5.57. The predicted molar refractivity (Wildman–Crippen MR) is 145 cm³/mol. The van der Waals surface area contributed by atoms with Gasteiger partial charge in [-0.15, -0.1) is 0 Å². The SMILES string of the molecule is Cc1cc(Cc2cc(C)[nH]n2)nc(-c2ccc(N3CCN(Cc4ccc(-n5cc(F)cn5)nc4)CC3)nc2)n1. The Labute approximate surface area is 225 Å².